The van der Waals surface area contributed by atoms with Crippen LogP contribution >= 0.6 is 11.6 Å². The van der Waals surface area contributed by atoms with E-state index in [4.69, 9.17) is 23.1 Å². The molecule has 1 aliphatic rings. The van der Waals surface area contributed by atoms with Gasteiger partial charge in [-0.25, -0.2) is 0 Å². The number of hydrogen-bond donors (Lipinski definition) is 5. The van der Waals surface area contributed by atoms with Crippen LogP contribution in [0.2, 0.25) is 5.15 Å². The van der Waals surface area contributed by atoms with Crippen molar-refractivity contribution < 1.29 is 10.2 Å². The van der Waals surface area contributed by atoms with E-state index in [0.29, 0.717) is 25.2 Å². The van der Waals surface area contributed by atoms with Crippen LogP contribution in [-0.2, 0) is 0 Å². The monoisotopic (exact) mass is 273 g/mol. The molecule has 1 heterocycles. The average Bonchev–Trinajstić information content (AvgIpc) is 2.28. The SMILES string of the molecule is Nc1nc(Cl)c(N)c(NCC2(CO)CC(O)C2)n1. The summed E-state index contributed by atoms with van der Waals surface area (Å²) in [5, 5.41) is 21.8. The molecule has 0 bridgehead atoms. The number of halogens is 1. The molecule has 1 aromatic heterocycles. The highest BCUT2D eigenvalue weighted by Gasteiger charge is 2.43. The van der Waals surface area contributed by atoms with Gasteiger partial charge in [0.25, 0.3) is 0 Å². The molecule has 2 rings (SSSR count). The van der Waals surface area contributed by atoms with E-state index in [9.17, 15) is 10.2 Å². The second-order valence-electron chi connectivity index (χ2n) is 4.71. The Morgan fingerprint density at radius 3 is 2.61 bits per heavy atom. The first kappa shape index (κ1) is 13.1. The highest BCUT2D eigenvalue weighted by Crippen LogP contribution is 2.41. The van der Waals surface area contributed by atoms with Crippen LogP contribution in [0.15, 0.2) is 0 Å². The Morgan fingerprint density at radius 1 is 1.39 bits per heavy atom. The number of nitrogen functional groups attached to an aromatic ring is 2. The van der Waals surface area contributed by atoms with E-state index in [1.54, 1.807) is 0 Å². The molecule has 1 saturated carbocycles. The Balaban J connectivity index is 2.06. The number of rotatable bonds is 4. The summed E-state index contributed by atoms with van der Waals surface area (Å²) in [4.78, 5) is 7.67. The van der Waals surface area contributed by atoms with E-state index < -0.39 is 0 Å². The maximum atomic E-state index is 9.34. The van der Waals surface area contributed by atoms with Gasteiger partial charge in [-0.1, -0.05) is 11.6 Å². The lowest BCUT2D eigenvalue weighted by Crippen LogP contribution is -2.48. The second kappa shape index (κ2) is 4.75. The zero-order chi connectivity index (χ0) is 13.3. The van der Waals surface area contributed by atoms with Crippen molar-refractivity contribution in [3.05, 3.63) is 5.15 Å². The minimum atomic E-state index is -0.352. The molecule has 1 fully saturated rings. The van der Waals surface area contributed by atoms with Gasteiger partial charge in [-0.15, -0.1) is 0 Å². The van der Waals surface area contributed by atoms with Crippen molar-refractivity contribution >= 4 is 29.1 Å². The third-order valence-electron chi connectivity index (χ3n) is 3.22. The van der Waals surface area contributed by atoms with Crippen LogP contribution in [0.3, 0.4) is 0 Å². The number of aliphatic hydroxyl groups excluding tert-OH is 2. The molecule has 0 saturated heterocycles. The molecule has 100 valence electrons. The van der Waals surface area contributed by atoms with Crippen LogP contribution in [0.4, 0.5) is 17.5 Å². The van der Waals surface area contributed by atoms with Crippen LogP contribution in [0, 0.1) is 5.41 Å². The van der Waals surface area contributed by atoms with Crippen molar-refractivity contribution in [2.75, 3.05) is 29.9 Å². The van der Waals surface area contributed by atoms with E-state index in [1.807, 2.05) is 0 Å². The van der Waals surface area contributed by atoms with E-state index >= 15 is 0 Å². The zero-order valence-electron chi connectivity index (χ0n) is 9.73. The topological polar surface area (TPSA) is 130 Å². The number of nitrogens with two attached hydrogens (primary N) is 2. The standard InChI is InChI=1S/C10H16ClN5O2/c11-7-6(12)8(16-9(13)15-7)14-3-10(4-17)1-5(18)2-10/h5,17-18H,1-4,12H2,(H3,13,14,15,16). The molecule has 0 atom stereocenters. The number of aromatic nitrogens is 2. The highest BCUT2D eigenvalue weighted by molar-refractivity contribution is 6.32. The largest absolute Gasteiger partial charge is 0.396 e. The Hall–Kier alpha value is -1.31. The van der Waals surface area contributed by atoms with Gasteiger partial charge in [0.05, 0.1) is 12.7 Å². The van der Waals surface area contributed by atoms with Gasteiger partial charge < -0.3 is 27.0 Å². The van der Waals surface area contributed by atoms with E-state index in [1.165, 1.54) is 0 Å². The Morgan fingerprint density at radius 2 is 2.06 bits per heavy atom. The molecule has 7 nitrogen and oxygen atoms in total. The van der Waals surface area contributed by atoms with E-state index in [2.05, 4.69) is 15.3 Å². The van der Waals surface area contributed by atoms with E-state index in [0.717, 1.165) is 0 Å². The maximum absolute atomic E-state index is 9.34. The number of nitrogens with one attached hydrogen (secondary N) is 1. The zero-order valence-corrected chi connectivity index (χ0v) is 10.5. The van der Waals surface area contributed by atoms with Gasteiger partial charge in [0.1, 0.15) is 5.69 Å². The minimum Gasteiger partial charge on any atom is -0.396 e. The maximum Gasteiger partial charge on any atom is 0.223 e. The summed E-state index contributed by atoms with van der Waals surface area (Å²) in [5.74, 6) is 0.380. The molecule has 7 N–H and O–H groups in total. The fourth-order valence-corrected chi connectivity index (χ4v) is 2.31. The summed E-state index contributed by atoms with van der Waals surface area (Å²) >= 11 is 5.79. The summed E-state index contributed by atoms with van der Waals surface area (Å²) in [6.45, 7) is 0.433. The Kier molecular flexibility index (Phi) is 3.47. The molecule has 1 aliphatic carbocycles. The molecular weight excluding hydrogens is 258 g/mol. The fourth-order valence-electron chi connectivity index (χ4n) is 2.13. The normalized spacial score (nSPS) is 26.7. The van der Waals surface area contributed by atoms with Gasteiger partial charge >= 0.3 is 0 Å². The molecule has 0 aromatic carbocycles. The first-order valence-corrected chi connectivity index (χ1v) is 5.95. The second-order valence-corrected chi connectivity index (χ2v) is 5.07. The highest BCUT2D eigenvalue weighted by atomic mass is 35.5. The average molecular weight is 274 g/mol. The van der Waals surface area contributed by atoms with Crippen LogP contribution in [0.5, 0.6) is 0 Å². The van der Waals surface area contributed by atoms with Gasteiger partial charge in [0.2, 0.25) is 5.95 Å². The molecule has 0 radical (unpaired) electrons. The summed E-state index contributed by atoms with van der Waals surface area (Å²) in [7, 11) is 0. The van der Waals surface area contributed by atoms with Gasteiger partial charge in [-0.3, -0.25) is 0 Å². The molecule has 18 heavy (non-hydrogen) atoms. The molecule has 0 amide bonds. The van der Waals surface area contributed by atoms with Gasteiger partial charge in [0, 0.05) is 12.0 Å². The molecule has 0 aliphatic heterocycles. The summed E-state index contributed by atoms with van der Waals surface area (Å²) < 4.78 is 0. The van der Waals surface area contributed by atoms with Crippen LogP contribution in [0.25, 0.3) is 0 Å². The molecule has 1 aromatic rings. The smallest absolute Gasteiger partial charge is 0.223 e. The Labute approximate surface area is 109 Å². The lowest BCUT2D eigenvalue weighted by Gasteiger charge is -2.44. The molecule has 0 unspecified atom stereocenters. The van der Waals surface area contributed by atoms with Gasteiger partial charge in [-0.2, -0.15) is 9.97 Å². The molecular formula is C10H16ClN5O2. The number of hydrogen-bond acceptors (Lipinski definition) is 7. The number of nitrogens with zero attached hydrogens (tertiary/aromatic N) is 2. The van der Waals surface area contributed by atoms with Crippen molar-refractivity contribution in [2.45, 2.75) is 18.9 Å². The van der Waals surface area contributed by atoms with Gasteiger partial charge in [-0.05, 0) is 12.8 Å². The fraction of sp³-hybridized carbons (Fsp3) is 0.600. The van der Waals surface area contributed by atoms with Crippen LogP contribution < -0.4 is 16.8 Å². The lowest BCUT2D eigenvalue weighted by molar-refractivity contribution is -0.0551. The third kappa shape index (κ3) is 2.43. The lowest BCUT2D eigenvalue weighted by atomic mass is 9.67. The first-order valence-electron chi connectivity index (χ1n) is 5.57. The van der Waals surface area contributed by atoms with Crippen molar-refractivity contribution in [3.63, 3.8) is 0 Å². The summed E-state index contributed by atoms with van der Waals surface area (Å²) in [6.07, 6.45) is 0.741. The molecule has 0 spiro atoms. The third-order valence-corrected chi connectivity index (χ3v) is 3.51. The minimum absolute atomic E-state index is 0.00867. The quantitative estimate of drug-likeness (QED) is 0.482. The number of anilines is 3. The number of aliphatic hydroxyl groups is 2. The van der Waals surface area contributed by atoms with Crippen molar-refractivity contribution in [2.24, 2.45) is 5.41 Å². The van der Waals surface area contributed by atoms with Crippen molar-refractivity contribution in [1.29, 1.82) is 0 Å². The molecule has 8 heteroatoms. The predicted octanol–water partition coefficient (Wildman–Crippen LogP) is -0.160. The van der Waals surface area contributed by atoms with Crippen LogP contribution in [-0.4, -0.2) is 39.4 Å². The van der Waals surface area contributed by atoms with Gasteiger partial charge in [0.15, 0.2) is 11.0 Å². The summed E-state index contributed by atoms with van der Waals surface area (Å²) in [5.41, 5.74) is 11.1. The predicted molar refractivity (Wildman–Crippen MR) is 69.1 cm³/mol. The van der Waals surface area contributed by atoms with Crippen LogP contribution in [0.1, 0.15) is 12.8 Å². The first-order chi connectivity index (χ1) is 8.46. The van der Waals surface area contributed by atoms with Crippen molar-refractivity contribution in [3.8, 4) is 0 Å². The summed E-state index contributed by atoms with van der Waals surface area (Å²) in [6, 6.07) is 0. The van der Waals surface area contributed by atoms with E-state index in [-0.39, 0.29) is 34.9 Å². The van der Waals surface area contributed by atoms with Crippen molar-refractivity contribution in [1.82, 2.24) is 9.97 Å². The Bertz CT molecular complexity index is 450.